The molecule has 0 radical (unpaired) electrons. The Labute approximate surface area is 169 Å². The summed E-state index contributed by atoms with van der Waals surface area (Å²) in [5.41, 5.74) is 0.601. The molecule has 0 aromatic heterocycles. The summed E-state index contributed by atoms with van der Waals surface area (Å²) in [6, 6.07) is 9.70. The fourth-order valence-corrected chi connectivity index (χ4v) is 3.04. The molecule has 0 unspecified atom stereocenters. The van der Waals surface area contributed by atoms with Crippen LogP contribution in [0.2, 0.25) is 0 Å². The number of anilines is 1. The lowest BCUT2D eigenvalue weighted by molar-refractivity contribution is -0.122. The molecule has 1 heterocycles. The van der Waals surface area contributed by atoms with E-state index in [4.69, 9.17) is 4.74 Å². The molecule has 1 saturated heterocycles. The van der Waals surface area contributed by atoms with Crippen LogP contribution in [0.4, 0.5) is 10.5 Å². The predicted molar refractivity (Wildman–Crippen MR) is 107 cm³/mol. The van der Waals surface area contributed by atoms with Gasteiger partial charge in [0, 0.05) is 0 Å². The molecular formula is C20H15BrN2O5. The van der Waals surface area contributed by atoms with Crippen LogP contribution < -0.4 is 15.0 Å². The van der Waals surface area contributed by atoms with Crippen LogP contribution in [0, 0.1) is 0 Å². The van der Waals surface area contributed by atoms with E-state index in [2.05, 4.69) is 27.8 Å². The van der Waals surface area contributed by atoms with E-state index in [1.54, 1.807) is 24.3 Å². The monoisotopic (exact) mass is 442 g/mol. The number of nitrogens with one attached hydrogen (secondary N) is 1. The molecule has 142 valence electrons. The SMILES string of the molecule is C=CCOc1ccc(/C=C2\C(=O)NC(=O)N(c3ccc(O)cc3)C2=O)cc1Br. The van der Waals surface area contributed by atoms with Gasteiger partial charge < -0.3 is 9.84 Å². The normalized spacial score (nSPS) is 15.5. The number of benzene rings is 2. The van der Waals surface area contributed by atoms with Crippen molar-refractivity contribution >= 4 is 45.5 Å². The van der Waals surface area contributed by atoms with Gasteiger partial charge in [-0.1, -0.05) is 18.7 Å². The first-order valence-corrected chi connectivity index (χ1v) is 8.93. The third-order valence-corrected chi connectivity index (χ3v) is 4.45. The van der Waals surface area contributed by atoms with E-state index < -0.39 is 17.8 Å². The number of nitrogens with zero attached hydrogens (tertiary/aromatic N) is 1. The number of imide groups is 2. The Balaban J connectivity index is 1.93. The van der Waals surface area contributed by atoms with Crippen LogP contribution in [0.5, 0.6) is 11.5 Å². The summed E-state index contributed by atoms with van der Waals surface area (Å²) in [5, 5.41) is 11.5. The highest BCUT2D eigenvalue weighted by molar-refractivity contribution is 9.10. The minimum Gasteiger partial charge on any atom is -0.508 e. The maximum atomic E-state index is 12.8. The van der Waals surface area contributed by atoms with Crippen LogP contribution in [0.3, 0.4) is 0 Å². The van der Waals surface area contributed by atoms with Gasteiger partial charge in [0.1, 0.15) is 23.7 Å². The summed E-state index contributed by atoms with van der Waals surface area (Å²) in [6.07, 6.45) is 3.00. The van der Waals surface area contributed by atoms with Crippen molar-refractivity contribution in [3.8, 4) is 11.5 Å². The second kappa shape index (κ2) is 8.10. The Kier molecular flexibility index (Phi) is 5.60. The van der Waals surface area contributed by atoms with Crippen LogP contribution in [-0.4, -0.2) is 29.6 Å². The van der Waals surface area contributed by atoms with Crippen LogP contribution in [0.25, 0.3) is 6.08 Å². The summed E-state index contributed by atoms with van der Waals surface area (Å²) >= 11 is 3.38. The second-order valence-electron chi connectivity index (χ2n) is 5.76. The molecule has 1 aliphatic heterocycles. The van der Waals surface area contributed by atoms with Gasteiger partial charge in [-0.2, -0.15) is 0 Å². The third-order valence-electron chi connectivity index (χ3n) is 3.83. The molecule has 0 atom stereocenters. The Morgan fingerprint density at radius 1 is 1.14 bits per heavy atom. The quantitative estimate of drug-likeness (QED) is 0.420. The van der Waals surface area contributed by atoms with Crippen LogP contribution in [-0.2, 0) is 9.59 Å². The molecule has 28 heavy (non-hydrogen) atoms. The number of rotatable bonds is 5. The zero-order valence-corrected chi connectivity index (χ0v) is 16.1. The highest BCUT2D eigenvalue weighted by atomic mass is 79.9. The molecule has 2 aromatic carbocycles. The molecule has 4 amide bonds. The molecule has 0 bridgehead atoms. The van der Waals surface area contributed by atoms with Gasteiger partial charge in [0.2, 0.25) is 0 Å². The topological polar surface area (TPSA) is 95.9 Å². The smallest absolute Gasteiger partial charge is 0.335 e. The molecule has 3 rings (SSSR count). The van der Waals surface area contributed by atoms with Crippen molar-refractivity contribution in [2.24, 2.45) is 0 Å². The number of phenols is 1. The van der Waals surface area contributed by atoms with E-state index in [-0.39, 0.29) is 17.0 Å². The van der Waals surface area contributed by atoms with Crippen molar-refractivity contribution in [1.82, 2.24) is 5.32 Å². The lowest BCUT2D eigenvalue weighted by Crippen LogP contribution is -2.54. The predicted octanol–water partition coefficient (Wildman–Crippen LogP) is 3.39. The van der Waals surface area contributed by atoms with Crippen molar-refractivity contribution in [2.75, 3.05) is 11.5 Å². The van der Waals surface area contributed by atoms with E-state index in [0.717, 1.165) is 4.90 Å². The summed E-state index contributed by atoms with van der Waals surface area (Å²) in [5.74, 6) is -0.970. The first-order valence-electron chi connectivity index (χ1n) is 8.14. The van der Waals surface area contributed by atoms with Crippen molar-refractivity contribution < 1.29 is 24.2 Å². The van der Waals surface area contributed by atoms with Gasteiger partial charge in [-0.3, -0.25) is 14.9 Å². The summed E-state index contributed by atoms with van der Waals surface area (Å²) in [6.45, 7) is 3.92. The molecular weight excluding hydrogens is 428 g/mol. The van der Waals surface area contributed by atoms with Crippen LogP contribution in [0.15, 0.2) is 65.2 Å². The molecule has 1 aliphatic rings. The number of phenolic OH excluding ortho intramolecular Hbond substituents is 1. The molecule has 1 fully saturated rings. The van der Waals surface area contributed by atoms with E-state index in [1.165, 1.54) is 30.3 Å². The van der Waals surface area contributed by atoms with Gasteiger partial charge in [-0.15, -0.1) is 0 Å². The maximum absolute atomic E-state index is 12.8. The number of hydrogen-bond donors (Lipinski definition) is 2. The van der Waals surface area contributed by atoms with Crippen molar-refractivity contribution in [3.05, 3.63) is 70.7 Å². The average Bonchev–Trinajstić information content (AvgIpc) is 2.66. The second-order valence-corrected chi connectivity index (χ2v) is 6.62. The van der Waals surface area contributed by atoms with E-state index >= 15 is 0 Å². The standard InChI is InChI=1S/C20H15BrN2O5/c1-2-9-28-17-8-3-12(11-16(17)21)10-15-18(25)22-20(27)23(19(15)26)13-4-6-14(24)7-5-13/h2-8,10-11,24H,1,9H2,(H,22,25,27)/b15-10+. The zero-order chi connectivity index (χ0) is 20.3. The van der Waals surface area contributed by atoms with Gasteiger partial charge >= 0.3 is 6.03 Å². The number of urea groups is 1. The number of carbonyl (C=O) groups is 3. The third kappa shape index (κ3) is 3.96. The Morgan fingerprint density at radius 2 is 1.86 bits per heavy atom. The number of carbonyl (C=O) groups excluding carboxylic acids is 3. The van der Waals surface area contributed by atoms with E-state index in [1.807, 2.05) is 0 Å². The molecule has 2 N–H and O–H groups in total. The van der Waals surface area contributed by atoms with Gasteiger partial charge in [0.05, 0.1) is 10.2 Å². The number of ether oxygens (including phenoxy) is 1. The van der Waals surface area contributed by atoms with E-state index in [9.17, 15) is 19.5 Å². The van der Waals surface area contributed by atoms with Crippen LogP contribution in [0.1, 0.15) is 5.56 Å². The molecule has 2 aromatic rings. The highest BCUT2D eigenvalue weighted by Gasteiger charge is 2.36. The highest BCUT2D eigenvalue weighted by Crippen LogP contribution is 2.28. The van der Waals surface area contributed by atoms with Gasteiger partial charge in [-0.05, 0) is 64.0 Å². The molecule has 0 aliphatic carbocycles. The molecule has 7 nitrogen and oxygen atoms in total. The van der Waals surface area contributed by atoms with Crippen molar-refractivity contribution in [2.45, 2.75) is 0 Å². The largest absolute Gasteiger partial charge is 0.508 e. The summed E-state index contributed by atoms with van der Waals surface area (Å²) < 4.78 is 6.10. The molecule has 0 spiro atoms. The van der Waals surface area contributed by atoms with Crippen molar-refractivity contribution in [1.29, 1.82) is 0 Å². The van der Waals surface area contributed by atoms with Crippen molar-refractivity contribution in [3.63, 3.8) is 0 Å². The zero-order valence-electron chi connectivity index (χ0n) is 14.5. The van der Waals surface area contributed by atoms with Gasteiger partial charge in [0.15, 0.2) is 0 Å². The molecule has 8 heteroatoms. The van der Waals surface area contributed by atoms with E-state index in [0.29, 0.717) is 22.4 Å². The lowest BCUT2D eigenvalue weighted by atomic mass is 10.1. The number of amides is 4. The van der Waals surface area contributed by atoms with Crippen LogP contribution >= 0.6 is 15.9 Å². The first kappa shape index (κ1) is 19.4. The Hall–Kier alpha value is -3.39. The summed E-state index contributed by atoms with van der Waals surface area (Å²) in [4.78, 5) is 38.0. The van der Waals surface area contributed by atoms with Gasteiger partial charge in [-0.25, -0.2) is 9.69 Å². The fourth-order valence-electron chi connectivity index (χ4n) is 2.53. The Bertz CT molecular complexity index is 998. The number of hydrogen-bond acceptors (Lipinski definition) is 5. The molecule has 0 saturated carbocycles. The number of halogens is 1. The first-order chi connectivity index (χ1) is 13.4. The lowest BCUT2D eigenvalue weighted by Gasteiger charge is -2.26. The minimum atomic E-state index is -0.854. The minimum absolute atomic E-state index is 0.0101. The summed E-state index contributed by atoms with van der Waals surface area (Å²) in [7, 11) is 0. The number of barbiturate groups is 1. The average molecular weight is 443 g/mol. The Morgan fingerprint density at radius 3 is 2.50 bits per heavy atom. The maximum Gasteiger partial charge on any atom is 0.335 e. The van der Waals surface area contributed by atoms with Gasteiger partial charge in [0.25, 0.3) is 11.8 Å². The fraction of sp³-hybridized carbons (Fsp3) is 0.0500. The number of aromatic hydroxyl groups is 1.